The Morgan fingerprint density at radius 3 is 2.50 bits per heavy atom. The molecule has 2 heterocycles. The first-order valence-corrected chi connectivity index (χ1v) is 12.6. The van der Waals surface area contributed by atoms with Gasteiger partial charge in [-0.1, -0.05) is 37.2 Å². The number of nitrogens with zero attached hydrogens (tertiary/aromatic N) is 4. The van der Waals surface area contributed by atoms with Crippen LogP contribution in [0.3, 0.4) is 0 Å². The van der Waals surface area contributed by atoms with Gasteiger partial charge in [0.15, 0.2) is 11.0 Å². The van der Waals surface area contributed by atoms with E-state index in [1.165, 1.54) is 29.5 Å². The first-order valence-electron chi connectivity index (χ1n) is 11.6. The fraction of sp³-hybridized carbons (Fsp3) is 0.400. The molecule has 1 amide bonds. The summed E-state index contributed by atoms with van der Waals surface area (Å²) in [5.74, 6) is 0.495. The molecular weight excluding hydrogens is 453 g/mol. The van der Waals surface area contributed by atoms with E-state index in [-0.39, 0.29) is 17.5 Å². The second-order valence-corrected chi connectivity index (χ2v) is 9.14. The van der Waals surface area contributed by atoms with Crippen molar-refractivity contribution < 1.29 is 13.9 Å². The van der Waals surface area contributed by atoms with Crippen molar-refractivity contribution in [2.75, 3.05) is 43.9 Å². The maximum Gasteiger partial charge on any atom is 0.234 e. The molecule has 180 valence electrons. The van der Waals surface area contributed by atoms with E-state index in [1.807, 2.05) is 28.8 Å². The molecule has 0 atom stereocenters. The summed E-state index contributed by atoms with van der Waals surface area (Å²) in [6.45, 7) is 6.87. The van der Waals surface area contributed by atoms with Crippen LogP contribution in [0.25, 0.3) is 11.4 Å². The largest absolute Gasteiger partial charge is 0.379 e. The van der Waals surface area contributed by atoms with E-state index in [1.54, 1.807) is 12.1 Å². The standard InChI is InChI=1S/C25H30FN5O2S/c1-2-3-19-4-10-22(11-5-19)27-23(32)18-34-25-29-28-24(20-6-8-21(26)9-7-20)31(25)13-12-30-14-16-33-17-15-30/h4-11H,2-3,12-18H2,1H3,(H,27,32). The maximum atomic E-state index is 13.4. The minimum atomic E-state index is -0.294. The van der Waals surface area contributed by atoms with Crippen molar-refractivity contribution in [2.24, 2.45) is 0 Å². The van der Waals surface area contributed by atoms with Gasteiger partial charge in [0.2, 0.25) is 5.91 Å². The molecule has 0 bridgehead atoms. The Balaban J connectivity index is 1.43. The second kappa shape index (κ2) is 12.1. The summed E-state index contributed by atoms with van der Waals surface area (Å²) in [6, 6.07) is 14.2. The zero-order chi connectivity index (χ0) is 23.8. The summed E-state index contributed by atoms with van der Waals surface area (Å²) in [7, 11) is 0. The summed E-state index contributed by atoms with van der Waals surface area (Å²) in [6.07, 6.45) is 2.12. The molecule has 0 radical (unpaired) electrons. The van der Waals surface area contributed by atoms with Crippen molar-refractivity contribution in [1.82, 2.24) is 19.7 Å². The first-order chi connectivity index (χ1) is 16.6. The molecule has 2 aromatic carbocycles. The molecule has 1 aliphatic rings. The van der Waals surface area contributed by atoms with E-state index in [2.05, 4.69) is 27.3 Å². The lowest BCUT2D eigenvalue weighted by molar-refractivity contribution is -0.113. The number of ether oxygens (including phenoxy) is 1. The van der Waals surface area contributed by atoms with Crippen LogP contribution >= 0.6 is 11.8 Å². The lowest BCUT2D eigenvalue weighted by Gasteiger charge is -2.27. The molecule has 0 saturated carbocycles. The second-order valence-electron chi connectivity index (χ2n) is 8.20. The van der Waals surface area contributed by atoms with Gasteiger partial charge in [-0.25, -0.2) is 4.39 Å². The topological polar surface area (TPSA) is 72.3 Å². The normalized spacial score (nSPS) is 14.3. The summed E-state index contributed by atoms with van der Waals surface area (Å²) in [5, 5.41) is 12.3. The number of anilines is 1. The minimum Gasteiger partial charge on any atom is -0.379 e. The van der Waals surface area contributed by atoms with Crippen molar-refractivity contribution in [3.8, 4) is 11.4 Å². The van der Waals surface area contributed by atoms with E-state index in [4.69, 9.17) is 4.74 Å². The lowest BCUT2D eigenvalue weighted by atomic mass is 10.1. The van der Waals surface area contributed by atoms with Crippen LogP contribution in [-0.4, -0.2) is 64.2 Å². The Morgan fingerprint density at radius 1 is 1.06 bits per heavy atom. The number of morpholine rings is 1. The van der Waals surface area contributed by atoms with E-state index < -0.39 is 0 Å². The average Bonchev–Trinajstić information content (AvgIpc) is 3.26. The molecular formula is C25H30FN5O2S. The van der Waals surface area contributed by atoms with Crippen LogP contribution in [0.15, 0.2) is 53.7 Å². The molecule has 1 N–H and O–H groups in total. The van der Waals surface area contributed by atoms with Crippen molar-refractivity contribution in [3.63, 3.8) is 0 Å². The van der Waals surface area contributed by atoms with Gasteiger partial charge >= 0.3 is 0 Å². The van der Waals surface area contributed by atoms with E-state index >= 15 is 0 Å². The number of benzene rings is 2. The molecule has 7 nitrogen and oxygen atoms in total. The van der Waals surface area contributed by atoms with Crippen molar-refractivity contribution in [1.29, 1.82) is 0 Å². The number of nitrogens with one attached hydrogen (secondary N) is 1. The molecule has 1 saturated heterocycles. The molecule has 1 fully saturated rings. The number of carbonyl (C=O) groups excluding carboxylic acids is 1. The van der Waals surface area contributed by atoms with Crippen molar-refractivity contribution in [2.45, 2.75) is 31.5 Å². The summed E-state index contributed by atoms with van der Waals surface area (Å²) >= 11 is 1.35. The average molecular weight is 484 g/mol. The van der Waals surface area contributed by atoms with Gasteiger partial charge in [0.25, 0.3) is 0 Å². The SMILES string of the molecule is CCCc1ccc(NC(=O)CSc2nnc(-c3ccc(F)cc3)n2CCN2CCOCC2)cc1. The van der Waals surface area contributed by atoms with Crippen LogP contribution in [-0.2, 0) is 22.5 Å². The fourth-order valence-electron chi connectivity index (χ4n) is 3.85. The number of thioether (sulfide) groups is 1. The van der Waals surface area contributed by atoms with Crippen LogP contribution in [0.4, 0.5) is 10.1 Å². The van der Waals surface area contributed by atoms with Gasteiger partial charge in [-0.2, -0.15) is 0 Å². The van der Waals surface area contributed by atoms with Crippen LogP contribution in [0.2, 0.25) is 0 Å². The smallest absolute Gasteiger partial charge is 0.234 e. The molecule has 1 aromatic heterocycles. The Morgan fingerprint density at radius 2 is 1.79 bits per heavy atom. The molecule has 0 aliphatic carbocycles. The number of aromatic nitrogens is 3. The third kappa shape index (κ3) is 6.65. The third-order valence-electron chi connectivity index (χ3n) is 5.67. The zero-order valence-corrected chi connectivity index (χ0v) is 20.2. The predicted octanol–water partition coefficient (Wildman–Crippen LogP) is 4.10. The highest BCUT2D eigenvalue weighted by molar-refractivity contribution is 7.99. The molecule has 9 heteroatoms. The number of hydrogen-bond acceptors (Lipinski definition) is 6. The predicted molar refractivity (Wildman–Crippen MR) is 132 cm³/mol. The number of rotatable bonds is 10. The number of halogens is 1. The highest BCUT2D eigenvalue weighted by atomic mass is 32.2. The Bertz CT molecular complexity index is 1070. The summed E-state index contributed by atoms with van der Waals surface area (Å²) in [4.78, 5) is 14.9. The van der Waals surface area contributed by atoms with Gasteiger partial charge in [0, 0.05) is 37.4 Å². The molecule has 3 aromatic rings. The molecule has 1 aliphatic heterocycles. The van der Waals surface area contributed by atoms with Crippen molar-refractivity contribution in [3.05, 3.63) is 59.9 Å². The molecule has 34 heavy (non-hydrogen) atoms. The molecule has 0 unspecified atom stereocenters. The zero-order valence-electron chi connectivity index (χ0n) is 19.4. The van der Waals surface area contributed by atoms with E-state index in [0.29, 0.717) is 17.5 Å². The van der Waals surface area contributed by atoms with Crippen LogP contribution < -0.4 is 5.32 Å². The lowest BCUT2D eigenvalue weighted by Crippen LogP contribution is -2.38. The Hall–Kier alpha value is -2.75. The van der Waals surface area contributed by atoms with Gasteiger partial charge < -0.3 is 14.6 Å². The summed E-state index contributed by atoms with van der Waals surface area (Å²) in [5.41, 5.74) is 2.84. The number of amides is 1. The maximum absolute atomic E-state index is 13.4. The van der Waals surface area contributed by atoms with E-state index in [9.17, 15) is 9.18 Å². The molecule has 0 spiro atoms. The number of carbonyl (C=O) groups is 1. The van der Waals surface area contributed by atoms with E-state index in [0.717, 1.165) is 56.9 Å². The van der Waals surface area contributed by atoms with Gasteiger partial charge in [-0.05, 0) is 48.4 Å². The van der Waals surface area contributed by atoms with Crippen molar-refractivity contribution >= 4 is 23.4 Å². The number of hydrogen-bond donors (Lipinski definition) is 1. The quantitative estimate of drug-likeness (QED) is 0.438. The fourth-order valence-corrected chi connectivity index (χ4v) is 4.61. The van der Waals surface area contributed by atoms with Crippen LogP contribution in [0, 0.1) is 5.82 Å². The molecule has 4 rings (SSSR count). The van der Waals surface area contributed by atoms with Gasteiger partial charge in [-0.3, -0.25) is 9.69 Å². The van der Waals surface area contributed by atoms with Crippen LogP contribution in [0.1, 0.15) is 18.9 Å². The van der Waals surface area contributed by atoms with Gasteiger partial charge in [-0.15, -0.1) is 10.2 Å². The Kier molecular flexibility index (Phi) is 8.67. The van der Waals surface area contributed by atoms with Gasteiger partial charge in [0.05, 0.1) is 19.0 Å². The Labute approximate surface area is 203 Å². The van der Waals surface area contributed by atoms with Crippen LogP contribution in [0.5, 0.6) is 0 Å². The number of aryl methyl sites for hydroxylation is 1. The first kappa shape index (κ1) is 24.4. The minimum absolute atomic E-state index is 0.0979. The highest BCUT2D eigenvalue weighted by Crippen LogP contribution is 2.25. The monoisotopic (exact) mass is 483 g/mol. The van der Waals surface area contributed by atoms with Gasteiger partial charge in [0.1, 0.15) is 5.82 Å². The third-order valence-corrected chi connectivity index (χ3v) is 6.64. The summed E-state index contributed by atoms with van der Waals surface area (Å²) < 4.78 is 20.9. The highest BCUT2D eigenvalue weighted by Gasteiger charge is 2.18.